The molecule has 0 atom stereocenters. The summed E-state index contributed by atoms with van der Waals surface area (Å²) in [6.45, 7) is 0.638. The van der Waals surface area contributed by atoms with E-state index in [0.717, 1.165) is 11.1 Å². The molecule has 0 heterocycles. The summed E-state index contributed by atoms with van der Waals surface area (Å²) in [5, 5.41) is 60.8. The second-order valence-corrected chi connectivity index (χ2v) is 9.17. The number of aromatic hydroxyl groups is 4. The summed E-state index contributed by atoms with van der Waals surface area (Å²) in [6, 6.07) is 30.5. The smallest absolute Gasteiger partial charge is 0.262 e. The molecule has 0 radical (unpaired) electrons. The zero-order valence-corrected chi connectivity index (χ0v) is 23.3. The lowest BCUT2D eigenvalue weighted by molar-refractivity contribution is -0.118. The zero-order valence-electron chi connectivity index (χ0n) is 23.3. The SMILES string of the molecule is N#CC(=Cc1ccc(O)c(O)c1)C(=O)NCc1ccccc1.N#CC(=Cc1ccc(O)c(O)c1)C(=O)NCc1ccccc1. The summed E-state index contributed by atoms with van der Waals surface area (Å²) in [6.07, 6.45) is 2.69. The molecule has 10 heteroatoms. The van der Waals surface area contributed by atoms with Gasteiger partial charge >= 0.3 is 0 Å². The van der Waals surface area contributed by atoms with Gasteiger partial charge in [0, 0.05) is 13.1 Å². The van der Waals surface area contributed by atoms with E-state index in [1.807, 2.05) is 72.8 Å². The Kier molecular flexibility index (Phi) is 11.7. The number of benzene rings is 4. The summed E-state index contributed by atoms with van der Waals surface area (Å²) in [7, 11) is 0. The summed E-state index contributed by atoms with van der Waals surface area (Å²) in [5.41, 5.74) is 2.58. The number of hydrogen-bond acceptors (Lipinski definition) is 8. The van der Waals surface area contributed by atoms with Gasteiger partial charge in [-0.3, -0.25) is 9.59 Å². The minimum atomic E-state index is -0.501. The summed E-state index contributed by atoms with van der Waals surface area (Å²) in [5.74, 6) is -2.14. The van der Waals surface area contributed by atoms with Crippen molar-refractivity contribution in [3.05, 3.63) is 130 Å². The Hall–Kier alpha value is -6.52. The molecule has 0 fully saturated rings. The van der Waals surface area contributed by atoms with E-state index in [9.17, 15) is 30.0 Å². The molecule has 0 saturated heterocycles. The largest absolute Gasteiger partial charge is 0.504 e. The van der Waals surface area contributed by atoms with E-state index in [-0.39, 0.29) is 34.1 Å². The minimum Gasteiger partial charge on any atom is -0.504 e. The third-order valence-corrected chi connectivity index (χ3v) is 5.94. The summed E-state index contributed by atoms with van der Waals surface area (Å²) in [4.78, 5) is 24.0. The molecule has 0 spiro atoms. The van der Waals surface area contributed by atoms with E-state index in [4.69, 9.17) is 10.5 Å². The number of amides is 2. The quantitative estimate of drug-likeness (QED) is 0.0975. The lowest BCUT2D eigenvalue weighted by Gasteiger charge is -2.05. The van der Waals surface area contributed by atoms with Crippen molar-refractivity contribution in [2.45, 2.75) is 13.1 Å². The fourth-order valence-corrected chi connectivity index (χ4v) is 3.64. The number of nitrogens with zero attached hydrogens (tertiary/aromatic N) is 2. The van der Waals surface area contributed by atoms with Crippen molar-refractivity contribution in [3.63, 3.8) is 0 Å². The van der Waals surface area contributed by atoms with Crippen LogP contribution < -0.4 is 10.6 Å². The normalized spacial score (nSPS) is 10.8. The van der Waals surface area contributed by atoms with Crippen LogP contribution in [0, 0.1) is 22.7 Å². The molecule has 220 valence electrons. The molecule has 0 aromatic heterocycles. The first kappa shape index (κ1) is 32.0. The lowest BCUT2D eigenvalue weighted by Crippen LogP contribution is -2.23. The second kappa shape index (κ2) is 16.1. The van der Waals surface area contributed by atoms with E-state index in [1.54, 1.807) is 0 Å². The molecule has 10 nitrogen and oxygen atoms in total. The Balaban J connectivity index is 0.000000240. The van der Waals surface area contributed by atoms with Gasteiger partial charge in [-0.2, -0.15) is 10.5 Å². The molecule has 0 aliphatic heterocycles. The van der Waals surface area contributed by atoms with Crippen LogP contribution in [0.4, 0.5) is 0 Å². The standard InChI is InChI=1S/2C17H14N2O3/c2*18-10-14(8-13-6-7-15(20)16(21)9-13)17(22)19-11-12-4-2-1-3-5-12/h2*1-9,20-21H,11H2,(H,19,22). The Morgan fingerprint density at radius 2 is 0.932 bits per heavy atom. The van der Waals surface area contributed by atoms with Crippen molar-refractivity contribution in [3.8, 4) is 35.1 Å². The lowest BCUT2D eigenvalue weighted by atomic mass is 10.1. The predicted octanol–water partition coefficient (Wildman–Crippen LogP) is 4.64. The fourth-order valence-electron chi connectivity index (χ4n) is 3.64. The Morgan fingerprint density at radius 3 is 1.25 bits per heavy atom. The highest BCUT2D eigenvalue weighted by Crippen LogP contribution is 2.26. The molecule has 0 bridgehead atoms. The van der Waals surface area contributed by atoms with Crippen molar-refractivity contribution in [2.24, 2.45) is 0 Å². The van der Waals surface area contributed by atoms with Gasteiger partial charge in [-0.15, -0.1) is 0 Å². The first-order valence-electron chi connectivity index (χ1n) is 13.1. The van der Waals surface area contributed by atoms with Gasteiger partial charge in [-0.05, 0) is 58.7 Å². The van der Waals surface area contributed by atoms with Crippen molar-refractivity contribution < 1.29 is 30.0 Å². The first-order valence-corrected chi connectivity index (χ1v) is 13.1. The van der Waals surface area contributed by atoms with Crippen LogP contribution in [-0.4, -0.2) is 32.2 Å². The van der Waals surface area contributed by atoms with Crippen LogP contribution in [0.3, 0.4) is 0 Å². The van der Waals surface area contributed by atoms with Gasteiger partial charge in [0.15, 0.2) is 23.0 Å². The highest BCUT2D eigenvalue weighted by atomic mass is 16.3. The minimum absolute atomic E-state index is 0.0824. The maximum atomic E-state index is 12.0. The van der Waals surface area contributed by atoms with Crippen LogP contribution in [0.2, 0.25) is 0 Å². The van der Waals surface area contributed by atoms with Crippen LogP contribution in [0.25, 0.3) is 12.2 Å². The highest BCUT2D eigenvalue weighted by molar-refractivity contribution is 6.02. The predicted molar refractivity (Wildman–Crippen MR) is 163 cm³/mol. The molecule has 6 N–H and O–H groups in total. The fraction of sp³-hybridized carbons (Fsp3) is 0.0588. The molecule has 4 rings (SSSR count). The molecule has 0 unspecified atom stereocenters. The van der Waals surface area contributed by atoms with E-state index in [2.05, 4.69) is 10.6 Å². The first-order chi connectivity index (χ1) is 21.2. The van der Waals surface area contributed by atoms with Crippen LogP contribution in [-0.2, 0) is 22.7 Å². The number of hydrogen-bond donors (Lipinski definition) is 6. The average molecular weight is 589 g/mol. The number of nitriles is 2. The molecule has 44 heavy (non-hydrogen) atoms. The number of carbonyl (C=O) groups excluding carboxylic acids is 2. The number of phenols is 4. The number of nitrogens with one attached hydrogen (secondary N) is 2. The molecule has 0 aliphatic rings. The maximum absolute atomic E-state index is 12.0. The molecular formula is C34H28N4O6. The van der Waals surface area contributed by atoms with Crippen LogP contribution >= 0.6 is 0 Å². The summed E-state index contributed by atoms with van der Waals surface area (Å²) >= 11 is 0. The van der Waals surface area contributed by atoms with Crippen molar-refractivity contribution in [1.29, 1.82) is 10.5 Å². The van der Waals surface area contributed by atoms with Crippen LogP contribution in [0.5, 0.6) is 23.0 Å². The van der Waals surface area contributed by atoms with Gasteiger partial charge in [0.2, 0.25) is 0 Å². The number of rotatable bonds is 8. The summed E-state index contributed by atoms with van der Waals surface area (Å²) < 4.78 is 0. The Morgan fingerprint density at radius 1 is 0.568 bits per heavy atom. The average Bonchev–Trinajstić information content (AvgIpc) is 3.04. The monoisotopic (exact) mass is 588 g/mol. The van der Waals surface area contributed by atoms with Crippen LogP contribution in [0.1, 0.15) is 22.3 Å². The van der Waals surface area contributed by atoms with Crippen molar-refractivity contribution in [1.82, 2.24) is 10.6 Å². The molecule has 0 saturated carbocycles. The van der Waals surface area contributed by atoms with Gasteiger partial charge in [0.1, 0.15) is 23.3 Å². The third kappa shape index (κ3) is 9.84. The van der Waals surface area contributed by atoms with Crippen LogP contribution in [0.15, 0.2) is 108 Å². The van der Waals surface area contributed by atoms with E-state index in [0.29, 0.717) is 24.2 Å². The number of carbonyl (C=O) groups is 2. The van der Waals surface area contributed by atoms with Gasteiger partial charge in [0.05, 0.1) is 0 Å². The second-order valence-electron chi connectivity index (χ2n) is 9.17. The molecular weight excluding hydrogens is 560 g/mol. The van der Waals surface area contributed by atoms with Gasteiger partial charge in [-0.1, -0.05) is 72.8 Å². The Bertz CT molecular complexity index is 1620. The molecule has 4 aromatic rings. The van der Waals surface area contributed by atoms with Crippen molar-refractivity contribution in [2.75, 3.05) is 0 Å². The third-order valence-electron chi connectivity index (χ3n) is 5.94. The van der Waals surface area contributed by atoms with Crippen molar-refractivity contribution >= 4 is 24.0 Å². The van der Waals surface area contributed by atoms with E-state index < -0.39 is 11.8 Å². The maximum Gasteiger partial charge on any atom is 0.262 e. The Labute approximate surface area is 253 Å². The van der Waals surface area contributed by atoms with Gasteiger partial charge in [0.25, 0.3) is 11.8 Å². The molecule has 2 amide bonds. The van der Waals surface area contributed by atoms with E-state index in [1.165, 1.54) is 48.6 Å². The van der Waals surface area contributed by atoms with E-state index >= 15 is 0 Å². The topological polar surface area (TPSA) is 187 Å². The molecule has 0 aliphatic carbocycles. The van der Waals surface area contributed by atoms with Gasteiger partial charge < -0.3 is 31.1 Å². The highest BCUT2D eigenvalue weighted by Gasteiger charge is 2.11. The molecule has 4 aromatic carbocycles. The number of phenolic OH excluding ortho intramolecular Hbond substituents is 4. The zero-order chi connectivity index (χ0) is 31.9. The van der Waals surface area contributed by atoms with Gasteiger partial charge in [-0.25, -0.2) is 0 Å².